The first-order valence-corrected chi connectivity index (χ1v) is 7.42. The molecule has 6 heteroatoms. The summed E-state index contributed by atoms with van der Waals surface area (Å²) in [7, 11) is 0. The number of hydrogen-bond acceptors (Lipinski definition) is 4. The molecule has 3 amide bonds. The molecule has 6 nitrogen and oxygen atoms in total. The zero-order valence-electron chi connectivity index (χ0n) is 12.4. The molecule has 1 aromatic rings. The van der Waals surface area contributed by atoms with Gasteiger partial charge >= 0.3 is 12.0 Å². The minimum atomic E-state index is -0.919. The van der Waals surface area contributed by atoms with Crippen LogP contribution in [0.5, 0.6) is 0 Å². The number of imide groups is 1. The van der Waals surface area contributed by atoms with Gasteiger partial charge in [0.15, 0.2) is 0 Å². The second kappa shape index (κ2) is 5.44. The van der Waals surface area contributed by atoms with E-state index in [0.717, 1.165) is 16.9 Å². The Balaban J connectivity index is 1.81. The number of esters is 1. The summed E-state index contributed by atoms with van der Waals surface area (Å²) < 4.78 is 4.82. The second-order valence-corrected chi connectivity index (χ2v) is 5.65. The normalized spacial score (nSPS) is 23.4. The first-order valence-electron chi connectivity index (χ1n) is 7.42. The molecular weight excluding hydrogens is 284 g/mol. The molecule has 1 spiro atoms. The van der Waals surface area contributed by atoms with E-state index in [-0.39, 0.29) is 19.1 Å². The molecule has 0 bridgehead atoms. The summed E-state index contributed by atoms with van der Waals surface area (Å²) in [5, 5.41) is 2.79. The van der Waals surface area contributed by atoms with Crippen molar-refractivity contribution in [2.24, 2.45) is 0 Å². The molecule has 1 atom stereocenters. The summed E-state index contributed by atoms with van der Waals surface area (Å²) >= 11 is 0. The maximum atomic E-state index is 12.7. The van der Waals surface area contributed by atoms with E-state index in [1.165, 1.54) is 5.56 Å². The monoisotopic (exact) mass is 302 g/mol. The minimum Gasteiger partial charge on any atom is -0.465 e. The van der Waals surface area contributed by atoms with E-state index in [9.17, 15) is 14.4 Å². The molecule has 116 valence electrons. The number of rotatable bonds is 3. The summed E-state index contributed by atoms with van der Waals surface area (Å²) in [4.78, 5) is 37.3. The largest absolute Gasteiger partial charge is 0.465 e. The van der Waals surface area contributed by atoms with Crippen molar-refractivity contribution in [2.45, 2.75) is 31.7 Å². The zero-order chi connectivity index (χ0) is 15.7. The van der Waals surface area contributed by atoms with Crippen molar-refractivity contribution in [1.82, 2.24) is 10.2 Å². The summed E-state index contributed by atoms with van der Waals surface area (Å²) in [5.74, 6) is -0.903. The first-order chi connectivity index (χ1) is 10.6. The van der Waals surface area contributed by atoms with Gasteiger partial charge in [0.1, 0.15) is 12.1 Å². The van der Waals surface area contributed by atoms with Crippen LogP contribution >= 0.6 is 0 Å². The van der Waals surface area contributed by atoms with Gasteiger partial charge in [-0.05, 0) is 30.9 Å². The van der Waals surface area contributed by atoms with E-state index >= 15 is 0 Å². The van der Waals surface area contributed by atoms with Gasteiger partial charge in [-0.25, -0.2) is 4.79 Å². The van der Waals surface area contributed by atoms with Crippen LogP contribution < -0.4 is 5.32 Å². The van der Waals surface area contributed by atoms with Crippen LogP contribution in [0.1, 0.15) is 24.5 Å². The van der Waals surface area contributed by atoms with Crippen LogP contribution in [-0.4, -0.2) is 41.5 Å². The van der Waals surface area contributed by atoms with Gasteiger partial charge in [-0.2, -0.15) is 0 Å². The van der Waals surface area contributed by atoms with Crippen molar-refractivity contribution >= 4 is 17.9 Å². The van der Waals surface area contributed by atoms with Crippen LogP contribution in [0.2, 0.25) is 0 Å². The lowest BCUT2D eigenvalue weighted by Crippen LogP contribution is -2.51. The van der Waals surface area contributed by atoms with Crippen molar-refractivity contribution in [3.8, 4) is 0 Å². The lowest BCUT2D eigenvalue weighted by molar-refractivity contribution is -0.147. The molecular formula is C16H18N2O4. The van der Waals surface area contributed by atoms with Gasteiger partial charge in [-0.1, -0.05) is 24.3 Å². The number of fused-ring (bicyclic) bond motifs is 1. The number of amides is 3. The summed E-state index contributed by atoms with van der Waals surface area (Å²) in [6.07, 6.45) is 1.75. The number of urea groups is 1. The highest BCUT2D eigenvalue weighted by atomic mass is 16.5. The zero-order valence-corrected chi connectivity index (χ0v) is 12.4. The van der Waals surface area contributed by atoms with Gasteiger partial charge in [-0.15, -0.1) is 0 Å². The predicted octanol–water partition coefficient (Wildman–Crippen LogP) is 1.03. The first kappa shape index (κ1) is 14.6. The van der Waals surface area contributed by atoms with Crippen LogP contribution in [-0.2, 0) is 27.2 Å². The Bertz CT molecular complexity index is 643. The quantitative estimate of drug-likeness (QED) is 0.668. The molecule has 2 aliphatic rings. The molecule has 0 saturated carbocycles. The Labute approximate surface area is 128 Å². The van der Waals surface area contributed by atoms with Crippen molar-refractivity contribution in [3.63, 3.8) is 0 Å². The maximum Gasteiger partial charge on any atom is 0.326 e. The maximum absolute atomic E-state index is 12.7. The van der Waals surface area contributed by atoms with Crippen LogP contribution in [0.15, 0.2) is 24.3 Å². The fourth-order valence-electron chi connectivity index (χ4n) is 3.18. The van der Waals surface area contributed by atoms with Gasteiger partial charge in [0.05, 0.1) is 6.61 Å². The second-order valence-electron chi connectivity index (χ2n) is 5.65. The Morgan fingerprint density at radius 3 is 2.77 bits per heavy atom. The molecule has 1 aromatic carbocycles. The van der Waals surface area contributed by atoms with Crippen LogP contribution in [0.25, 0.3) is 0 Å². The van der Waals surface area contributed by atoms with E-state index in [1.54, 1.807) is 6.92 Å². The molecule has 1 aliphatic heterocycles. The number of carbonyl (C=O) groups excluding carboxylic acids is 3. The molecule has 1 N–H and O–H groups in total. The number of aryl methyl sites for hydroxylation is 1. The summed E-state index contributed by atoms with van der Waals surface area (Å²) in [6.45, 7) is 1.58. The molecule has 22 heavy (non-hydrogen) atoms. The molecule has 1 saturated heterocycles. The number of hydrogen-bond donors (Lipinski definition) is 1. The molecule has 0 unspecified atom stereocenters. The average molecular weight is 302 g/mol. The standard InChI is InChI=1S/C16H18N2O4/c1-2-22-13(19)10-18-14(20)16(17-15(18)21)8-7-11-5-3-4-6-12(11)9-16/h3-6H,2,7-10H2,1H3,(H,17,21)/t16-/m0/s1. The third-order valence-electron chi connectivity index (χ3n) is 4.27. The van der Waals surface area contributed by atoms with Gasteiger partial charge < -0.3 is 10.1 Å². The SMILES string of the molecule is CCOC(=O)CN1C(=O)N[C@]2(CCc3ccccc3C2)C1=O. The molecule has 0 radical (unpaired) electrons. The minimum absolute atomic E-state index is 0.223. The van der Waals surface area contributed by atoms with Gasteiger partial charge in [0, 0.05) is 6.42 Å². The topological polar surface area (TPSA) is 75.7 Å². The Morgan fingerprint density at radius 2 is 2.05 bits per heavy atom. The molecule has 1 fully saturated rings. The van der Waals surface area contributed by atoms with Gasteiger partial charge in [-0.3, -0.25) is 14.5 Å². The van der Waals surface area contributed by atoms with Crippen LogP contribution in [0.3, 0.4) is 0 Å². The third-order valence-corrected chi connectivity index (χ3v) is 4.27. The smallest absolute Gasteiger partial charge is 0.326 e. The number of nitrogens with zero attached hydrogens (tertiary/aromatic N) is 1. The van der Waals surface area contributed by atoms with Gasteiger partial charge in [0.2, 0.25) is 0 Å². The average Bonchev–Trinajstić information content (AvgIpc) is 2.72. The van der Waals surface area contributed by atoms with Crippen molar-refractivity contribution in [3.05, 3.63) is 35.4 Å². The molecule has 3 rings (SSSR count). The summed E-state index contributed by atoms with van der Waals surface area (Å²) in [6, 6.07) is 7.40. The lowest BCUT2D eigenvalue weighted by atomic mass is 9.78. The van der Waals surface area contributed by atoms with E-state index in [1.807, 2.05) is 24.3 Å². The highest BCUT2D eigenvalue weighted by molar-refractivity contribution is 6.09. The highest BCUT2D eigenvalue weighted by Gasteiger charge is 2.52. The number of nitrogens with one attached hydrogen (secondary N) is 1. The van der Waals surface area contributed by atoms with Crippen molar-refractivity contribution < 1.29 is 19.1 Å². The van der Waals surface area contributed by atoms with Crippen LogP contribution in [0, 0.1) is 0 Å². The van der Waals surface area contributed by atoms with Crippen molar-refractivity contribution in [2.75, 3.05) is 13.2 Å². The predicted molar refractivity (Wildman–Crippen MR) is 78.1 cm³/mol. The molecule has 1 heterocycles. The van der Waals surface area contributed by atoms with Crippen molar-refractivity contribution in [1.29, 1.82) is 0 Å². The van der Waals surface area contributed by atoms with E-state index in [4.69, 9.17) is 4.74 Å². The lowest BCUT2D eigenvalue weighted by Gasteiger charge is -2.32. The van der Waals surface area contributed by atoms with Gasteiger partial charge in [0.25, 0.3) is 5.91 Å². The van der Waals surface area contributed by atoms with E-state index in [0.29, 0.717) is 12.8 Å². The molecule has 0 aromatic heterocycles. The Hall–Kier alpha value is -2.37. The fraction of sp³-hybridized carbons (Fsp3) is 0.438. The fourth-order valence-corrected chi connectivity index (χ4v) is 3.18. The van der Waals surface area contributed by atoms with Crippen LogP contribution in [0.4, 0.5) is 4.79 Å². The Morgan fingerprint density at radius 1 is 1.32 bits per heavy atom. The molecule has 1 aliphatic carbocycles. The van der Waals surface area contributed by atoms with E-state index < -0.39 is 17.5 Å². The Kier molecular flexibility index (Phi) is 3.60. The number of ether oxygens (including phenoxy) is 1. The number of carbonyl (C=O) groups is 3. The number of benzene rings is 1. The highest BCUT2D eigenvalue weighted by Crippen LogP contribution is 2.33. The van der Waals surface area contributed by atoms with E-state index in [2.05, 4.69) is 5.32 Å². The summed E-state index contributed by atoms with van der Waals surface area (Å²) in [5.41, 5.74) is 1.36. The third kappa shape index (κ3) is 2.34.